The molecule has 0 saturated heterocycles. The summed E-state index contributed by atoms with van der Waals surface area (Å²) in [6, 6.07) is 3.33. The molecule has 0 radical (unpaired) electrons. The monoisotopic (exact) mass is 280 g/mol. The number of amides is 1. The van der Waals surface area contributed by atoms with Gasteiger partial charge in [0.15, 0.2) is 0 Å². The van der Waals surface area contributed by atoms with E-state index in [-0.39, 0.29) is 17.5 Å². The molecule has 1 aromatic heterocycles. The predicted octanol–water partition coefficient (Wildman–Crippen LogP) is 1.79. The SMILES string of the molecule is CSC1CCC(NC(=O)c2ccn(C)c(=O)c2)CC1. The van der Waals surface area contributed by atoms with Crippen molar-refractivity contribution in [2.24, 2.45) is 7.05 Å². The van der Waals surface area contributed by atoms with Crippen LogP contribution in [0.1, 0.15) is 36.0 Å². The largest absolute Gasteiger partial charge is 0.349 e. The third kappa shape index (κ3) is 3.62. The van der Waals surface area contributed by atoms with Crippen molar-refractivity contribution < 1.29 is 4.79 Å². The first-order valence-electron chi connectivity index (χ1n) is 6.60. The van der Waals surface area contributed by atoms with E-state index in [1.807, 2.05) is 11.8 Å². The van der Waals surface area contributed by atoms with Gasteiger partial charge in [-0.3, -0.25) is 9.59 Å². The highest BCUT2D eigenvalue weighted by Gasteiger charge is 2.22. The molecule has 1 fully saturated rings. The molecule has 5 heteroatoms. The number of rotatable bonds is 3. The van der Waals surface area contributed by atoms with Crippen LogP contribution < -0.4 is 10.9 Å². The molecule has 1 aliphatic rings. The molecule has 0 aromatic carbocycles. The summed E-state index contributed by atoms with van der Waals surface area (Å²) in [6.07, 6.45) is 8.14. The minimum absolute atomic E-state index is 0.134. The molecule has 1 amide bonds. The summed E-state index contributed by atoms with van der Waals surface area (Å²) in [4.78, 5) is 23.6. The number of aryl methyl sites for hydroxylation is 1. The van der Waals surface area contributed by atoms with Crippen molar-refractivity contribution >= 4 is 17.7 Å². The van der Waals surface area contributed by atoms with Gasteiger partial charge in [0, 0.05) is 36.2 Å². The van der Waals surface area contributed by atoms with Gasteiger partial charge >= 0.3 is 0 Å². The smallest absolute Gasteiger partial charge is 0.251 e. The number of hydrogen-bond acceptors (Lipinski definition) is 3. The van der Waals surface area contributed by atoms with Crippen molar-refractivity contribution in [3.05, 3.63) is 34.2 Å². The second kappa shape index (κ2) is 6.28. The maximum atomic E-state index is 12.1. The fraction of sp³-hybridized carbons (Fsp3) is 0.571. The first kappa shape index (κ1) is 14.2. The zero-order chi connectivity index (χ0) is 13.8. The summed E-state index contributed by atoms with van der Waals surface area (Å²) in [7, 11) is 1.67. The molecule has 1 N–H and O–H groups in total. The second-order valence-corrected chi connectivity index (χ2v) is 6.19. The van der Waals surface area contributed by atoms with Crippen LogP contribution in [-0.4, -0.2) is 28.0 Å². The van der Waals surface area contributed by atoms with E-state index in [9.17, 15) is 9.59 Å². The van der Waals surface area contributed by atoms with Gasteiger partial charge in [-0.1, -0.05) is 0 Å². The van der Waals surface area contributed by atoms with Gasteiger partial charge in [-0.05, 0) is 38.0 Å². The summed E-state index contributed by atoms with van der Waals surface area (Å²) < 4.78 is 1.46. The van der Waals surface area contributed by atoms with Crippen LogP contribution in [0.25, 0.3) is 0 Å². The maximum Gasteiger partial charge on any atom is 0.251 e. The Labute approximate surface area is 117 Å². The van der Waals surface area contributed by atoms with E-state index >= 15 is 0 Å². The maximum absolute atomic E-state index is 12.1. The number of hydrogen-bond donors (Lipinski definition) is 1. The molecular weight excluding hydrogens is 260 g/mol. The summed E-state index contributed by atoms with van der Waals surface area (Å²) in [5.74, 6) is -0.134. The van der Waals surface area contributed by atoms with Gasteiger partial charge in [0.1, 0.15) is 0 Å². The third-order valence-corrected chi connectivity index (χ3v) is 4.85. The van der Waals surface area contributed by atoms with E-state index < -0.39 is 0 Å². The van der Waals surface area contributed by atoms with Gasteiger partial charge in [-0.15, -0.1) is 0 Å². The Morgan fingerprint density at radius 3 is 2.63 bits per heavy atom. The van der Waals surface area contributed by atoms with E-state index in [1.165, 1.54) is 10.6 Å². The third-order valence-electron chi connectivity index (χ3n) is 3.71. The number of nitrogens with zero attached hydrogens (tertiary/aromatic N) is 1. The van der Waals surface area contributed by atoms with Crippen molar-refractivity contribution in [3.63, 3.8) is 0 Å². The lowest BCUT2D eigenvalue weighted by Gasteiger charge is -2.28. The standard InChI is InChI=1S/C14H20N2O2S/c1-16-8-7-10(9-13(16)17)14(18)15-11-3-5-12(19-2)6-4-11/h7-9,11-12H,3-6H2,1-2H3,(H,15,18). The molecule has 1 heterocycles. The molecule has 0 bridgehead atoms. The van der Waals surface area contributed by atoms with Crippen molar-refractivity contribution in [2.75, 3.05) is 6.26 Å². The van der Waals surface area contributed by atoms with E-state index in [0.29, 0.717) is 5.56 Å². The van der Waals surface area contributed by atoms with Crippen LogP contribution >= 0.6 is 11.8 Å². The first-order valence-corrected chi connectivity index (χ1v) is 7.89. The summed E-state index contributed by atoms with van der Waals surface area (Å²) in [5.41, 5.74) is 0.300. The second-order valence-electron chi connectivity index (χ2n) is 5.05. The van der Waals surface area contributed by atoms with Crippen molar-refractivity contribution in [3.8, 4) is 0 Å². The Kier molecular flexibility index (Phi) is 4.69. The lowest BCUT2D eigenvalue weighted by molar-refractivity contribution is 0.0928. The van der Waals surface area contributed by atoms with Crippen LogP contribution in [0, 0.1) is 0 Å². The van der Waals surface area contributed by atoms with Crippen LogP contribution in [0.3, 0.4) is 0 Å². The van der Waals surface area contributed by atoms with Gasteiger partial charge in [0.25, 0.3) is 11.5 Å². The van der Waals surface area contributed by atoms with E-state index in [2.05, 4.69) is 11.6 Å². The highest BCUT2D eigenvalue weighted by Crippen LogP contribution is 2.26. The zero-order valence-corrected chi connectivity index (χ0v) is 12.2. The highest BCUT2D eigenvalue weighted by molar-refractivity contribution is 7.99. The topological polar surface area (TPSA) is 51.1 Å². The number of carbonyl (C=O) groups excluding carboxylic acids is 1. The van der Waals surface area contributed by atoms with Crippen molar-refractivity contribution in [1.29, 1.82) is 0 Å². The van der Waals surface area contributed by atoms with Crippen LogP contribution in [0.4, 0.5) is 0 Å². The van der Waals surface area contributed by atoms with Crippen LogP contribution in [0.5, 0.6) is 0 Å². The minimum Gasteiger partial charge on any atom is -0.349 e. The number of nitrogens with one attached hydrogen (secondary N) is 1. The molecule has 0 atom stereocenters. The van der Waals surface area contributed by atoms with Crippen molar-refractivity contribution in [1.82, 2.24) is 9.88 Å². The first-order chi connectivity index (χ1) is 9.10. The molecule has 0 unspecified atom stereocenters. The lowest BCUT2D eigenvalue weighted by Crippen LogP contribution is -2.38. The van der Waals surface area contributed by atoms with Gasteiger partial charge in [0.05, 0.1) is 0 Å². The van der Waals surface area contributed by atoms with Gasteiger partial charge in [0.2, 0.25) is 0 Å². The molecule has 0 aliphatic heterocycles. The summed E-state index contributed by atoms with van der Waals surface area (Å²) >= 11 is 1.91. The molecule has 19 heavy (non-hydrogen) atoms. The average Bonchev–Trinajstić information content (AvgIpc) is 2.42. The Bertz CT molecular complexity index is 504. The zero-order valence-electron chi connectivity index (χ0n) is 11.4. The van der Waals surface area contributed by atoms with Gasteiger partial charge in [-0.2, -0.15) is 11.8 Å². The van der Waals surface area contributed by atoms with Crippen molar-refractivity contribution in [2.45, 2.75) is 37.0 Å². The number of carbonyl (C=O) groups is 1. The average molecular weight is 280 g/mol. The Balaban J connectivity index is 1.94. The van der Waals surface area contributed by atoms with E-state index in [1.54, 1.807) is 19.3 Å². The Morgan fingerprint density at radius 1 is 1.37 bits per heavy atom. The van der Waals surface area contributed by atoms with Crippen LogP contribution in [0.2, 0.25) is 0 Å². The molecule has 4 nitrogen and oxygen atoms in total. The fourth-order valence-corrected chi connectivity index (χ4v) is 3.14. The van der Waals surface area contributed by atoms with E-state index in [4.69, 9.17) is 0 Å². The quantitative estimate of drug-likeness (QED) is 0.918. The molecule has 1 aliphatic carbocycles. The summed E-state index contributed by atoms with van der Waals surface area (Å²) in [5, 5.41) is 3.76. The molecule has 2 rings (SSSR count). The number of pyridine rings is 1. The molecule has 1 saturated carbocycles. The highest BCUT2D eigenvalue weighted by atomic mass is 32.2. The van der Waals surface area contributed by atoms with E-state index in [0.717, 1.165) is 30.9 Å². The predicted molar refractivity (Wildman–Crippen MR) is 78.7 cm³/mol. The van der Waals surface area contributed by atoms with Crippen LogP contribution in [0.15, 0.2) is 23.1 Å². The minimum atomic E-state index is -0.154. The Hall–Kier alpha value is -1.23. The molecule has 104 valence electrons. The molecule has 1 aromatic rings. The normalized spacial score (nSPS) is 23.1. The van der Waals surface area contributed by atoms with Gasteiger partial charge in [-0.25, -0.2) is 0 Å². The number of aromatic nitrogens is 1. The van der Waals surface area contributed by atoms with Gasteiger partial charge < -0.3 is 9.88 Å². The van der Waals surface area contributed by atoms with Crippen LogP contribution in [-0.2, 0) is 7.05 Å². The molecular formula is C14H20N2O2S. The summed E-state index contributed by atoms with van der Waals surface area (Å²) in [6.45, 7) is 0. The Morgan fingerprint density at radius 2 is 2.05 bits per heavy atom. The lowest BCUT2D eigenvalue weighted by atomic mass is 9.95. The number of thioether (sulfide) groups is 1. The molecule has 0 spiro atoms. The fourth-order valence-electron chi connectivity index (χ4n) is 2.40.